The number of aromatic amines is 1. The normalized spacial score (nSPS) is 11.7. The van der Waals surface area contributed by atoms with Gasteiger partial charge in [0.1, 0.15) is 12.2 Å². The van der Waals surface area contributed by atoms with Crippen LogP contribution in [-0.2, 0) is 19.3 Å². The first-order chi connectivity index (χ1) is 8.55. The third-order valence-electron chi connectivity index (χ3n) is 2.34. The quantitative estimate of drug-likeness (QED) is 0.881. The van der Waals surface area contributed by atoms with E-state index >= 15 is 0 Å². The molecule has 2 aromatic rings. The van der Waals surface area contributed by atoms with Crippen LogP contribution in [0.3, 0.4) is 0 Å². The number of hydrogen-bond donors (Lipinski definition) is 2. The lowest BCUT2D eigenvalue weighted by Gasteiger charge is -2.09. The predicted octanol–water partition coefficient (Wildman–Crippen LogP) is 2.11. The van der Waals surface area contributed by atoms with E-state index in [2.05, 4.69) is 20.5 Å². The molecule has 0 radical (unpaired) electrons. The minimum absolute atomic E-state index is 0.338. The second kappa shape index (κ2) is 5.18. The van der Waals surface area contributed by atoms with Gasteiger partial charge in [-0.3, -0.25) is 5.10 Å². The molecule has 0 saturated heterocycles. The topological polar surface area (TPSA) is 53.6 Å². The molecule has 0 aliphatic heterocycles. The van der Waals surface area contributed by atoms with Gasteiger partial charge in [0, 0.05) is 6.54 Å². The molecular weight excluding hydrogens is 245 g/mol. The number of H-pyrrole nitrogens is 1. The summed E-state index contributed by atoms with van der Waals surface area (Å²) in [5, 5.41) is 9.31. The third-order valence-corrected chi connectivity index (χ3v) is 2.34. The molecule has 0 bridgehead atoms. The van der Waals surface area contributed by atoms with Gasteiger partial charge in [-0.25, -0.2) is 4.98 Å². The molecule has 0 amide bonds. The Kier molecular flexibility index (Phi) is 3.61. The summed E-state index contributed by atoms with van der Waals surface area (Å²) in [7, 11) is 0. The van der Waals surface area contributed by atoms with Crippen LogP contribution in [0, 0.1) is 0 Å². The predicted molar refractivity (Wildman–Crippen MR) is 58.4 cm³/mol. The molecule has 0 atom stereocenters. The Hall–Kier alpha value is -1.89. The highest BCUT2D eigenvalue weighted by Crippen LogP contribution is 2.29. The van der Waals surface area contributed by atoms with E-state index in [1.54, 1.807) is 6.07 Å². The first-order valence-corrected chi connectivity index (χ1v) is 5.27. The SMILES string of the molecule is FC(F)(F)c1cccc(CNCc2ncn[nH]2)c1. The fourth-order valence-corrected chi connectivity index (χ4v) is 1.50. The number of rotatable bonds is 4. The van der Waals surface area contributed by atoms with Crippen LogP contribution < -0.4 is 5.32 Å². The smallest absolute Gasteiger partial charge is 0.306 e. The summed E-state index contributed by atoms with van der Waals surface area (Å²) >= 11 is 0. The van der Waals surface area contributed by atoms with Crippen molar-refractivity contribution in [2.75, 3.05) is 0 Å². The van der Waals surface area contributed by atoms with Gasteiger partial charge in [0.25, 0.3) is 0 Å². The Balaban J connectivity index is 1.93. The third kappa shape index (κ3) is 3.30. The second-order valence-corrected chi connectivity index (χ2v) is 3.73. The lowest BCUT2D eigenvalue weighted by Crippen LogP contribution is -2.14. The van der Waals surface area contributed by atoms with E-state index in [-0.39, 0.29) is 0 Å². The number of aromatic nitrogens is 3. The molecule has 0 fully saturated rings. The highest BCUT2D eigenvalue weighted by Gasteiger charge is 2.30. The summed E-state index contributed by atoms with van der Waals surface area (Å²) < 4.78 is 37.4. The fraction of sp³-hybridized carbons (Fsp3) is 0.273. The van der Waals surface area contributed by atoms with Crippen LogP contribution in [0.15, 0.2) is 30.6 Å². The van der Waals surface area contributed by atoms with Crippen molar-refractivity contribution in [3.05, 3.63) is 47.5 Å². The van der Waals surface area contributed by atoms with Gasteiger partial charge in [-0.1, -0.05) is 18.2 Å². The second-order valence-electron chi connectivity index (χ2n) is 3.73. The summed E-state index contributed by atoms with van der Waals surface area (Å²) in [5.41, 5.74) is -0.0641. The Morgan fingerprint density at radius 3 is 2.72 bits per heavy atom. The van der Waals surface area contributed by atoms with Crippen molar-refractivity contribution in [2.45, 2.75) is 19.3 Å². The van der Waals surface area contributed by atoms with Crippen molar-refractivity contribution in [2.24, 2.45) is 0 Å². The Bertz CT molecular complexity index is 493. The van der Waals surface area contributed by atoms with Crippen LogP contribution in [0.4, 0.5) is 13.2 Å². The maximum Gasteiger partial charge on any atom is 0.416 e. The Morgan fingerprint density at radius 2 is 2.06 bits per heavy atom. The average Bonchev–Trinajstić information content (AvgIpc) is 2.81. The summed E-state index contributed by atoms with van der Waals surface area (Å²) in [5.74, 6) is 0.641. The number of halogens is 3. The monoisotopic (exact) mass is 256 g/mol. The van der Waals surface area contributed by atoms with E-state index in [9.17, 15) is 13.2 Å². The van der Waals surface area contributed by atoms with E-state index in [1.165, 1.54) is 12.4 Å². The summed E-state index contributed by atoms with van der Waals surface area (Å²) in [4.78, 5) is 3.90. The van der Waals surface area contributed by atoms with Crippen LogP contribution in [0.2, 0.25) is 0 Å². The van der Waals surface area contributed by atoms with Gasteiger partial charge in [-0.15, -0.1) is 0 Å². The minimum Gasteiger partial charge on any atom is -0.306 e. The number of benzene rings is 1. The highest BCUT2D eigenvalue weighted by atomic mass is 19.4. The Labute approximate surface area is 101 Å². The fourth-order valence-electron chi connectivity index (χ4n) is 1.50. The molecule has 2 N–H and O–H groups in total. The number of nitrogens with one attached hydrogen (secondary N) is 2. The molecule has 0 aliphatic rings. The lowest BCUT2D eigenvalue weighted by molar-refractivity contribution is -0.137. The molecule has 18 heavy (non-hydrogen) atoms. The lowest BCUT2D eigenvalue weighted by atomic mass is 10.1. The van der Waals surface area contributed by atoms with Gasteiger partial charge in [0.2, 0.25) is 0 Å². The van der Waals surface area contributed by atoms with E-state index in [4.69, 9.17) is 0 Å². The van der Waals surface area contributed by atoms with Gasteiger partial charge in [-0.2, -0.15) is 18.3 Å². The Morgan fingerprint density at radius 1 is 1.22 bits per heavy atom. The summed E-state index contributed by atoms with van der Waals surface area (Å²) in [6, 6.07) is 5.23. The molecule has 7 heteroatoms. The first kappa shape index (κ1) is 12.6. The van der Waals surface area contributed by atoms with Gasteiger partial charge >= 0.3 is 6.18 Å². The van der Waals surface area contributed by atoms with Crippen molar-refractivity contribution >= 4 is 0 Å². The number of nitrogens with zero attached hydrogens (tertiary/aromatic N) is 2. The molecule has 1 aromatic carbocycles. The van der Waals surface area contributed by atoms with Gasteiger partial charge in [0.05, 0.1) is 12.1 Å². The molecule has 2 rings (SSSR count). The molecule has 0 unspecified atom stereocenters. The minimum atomic E-state index is -4.30. The number of hydrogen-bond acceptors (Lipinski definition) is 3. The van der Waals surface area contributed by atoms with E-state index in [0.717, 1.165) is 12.1 Å². The molecule has 1 heterocycles. The molecular formula is C11H11F3N4. The van der Waals surface area contributed by atoms with Crippen LogP contribution in [0.25, 0.3) is 0 Å². The highest BCUT2D eigenvalue weighted by molar-refractivity contribution is 5.25. The standard InChI is InChI=1S/C11H11F3N4/c12-11(13,14)9-3-1-2-8(4-9)5-15-6-10-16-7-17-18-10/h1-4,7,15H,5-6H2,(H,16,17,18). The molecule has 0 saturated carbocycles. The molecule has 96 valence electrons. The first-order valence-electron chi connectivity index (χ1n) is 5.27. The van der Waals surface area contributed by atoms with Crippen molar-refractivity contribution in [3.63, 3.8) is 0 Å². The van der Waals surface area contributed by atoms with Gasteiger partial charge < -0.3 is 5.32 Å². The number of alkyl halides is 3. The zero-order chi connectivity index (χ0) is 13.0. The molecule has 0 spiro atoms. The van der Waals surface area contributed by atoms with Gasteiger partial charge in [-0.05, 0) is 11.6 Å². The summed E-state index contributed by atoms with van der Waals surface area (Å²) in [6.07, 6.45) is -2.93. The molecule has 1 aromatic heterocycles. The zero-order valence-corrected chi connectivity index (χ0v) is 9.33. The van der Waals surface area contributed by atoms with Gasteiger partial charge in [0.15, 0.2) is 0 Å². The average molecular weight is 256 g/mol. The molecule has 4 nitrogen and oxygen atoms in total. The van der Waals surface area contributed by atoms with Crippen LogP contribution in [0.5, 0.6) is 0 Å². The maximum absolute atomic E-state index is 12.5. The van der Waals surface area contributed by atoms with Crippen LogP contribution >= 0.6 is 0 Å². The van der Waals surface area contributed by atoms with E-state index < -0.39 is 11.7 Å². The van der Waals surface area contributed by atoms with Crippen LogP contribution in [-0.4, -0.2) is 15.2 Å². The van der Waals surface area contributed by atoms with Crippen molar-refractivity contribution in [1.82, 2.24) is 20.5 Å². The van der Waals surface area contributed by atoms with E-state index in [1.807, 2.05) is 0 Å². The molecule has 0 aliphatic carbocycles. The largest absolute Gasteiger partial charge is 0.416 e. The summed E-state index contributed by atoms with van der Waals surface area (Å²) in [6.45, 7) is 0.765. The van der Waals surface area contributed by atoms with Crippen molar-refractivity contribution in [3.8, 4) is 0 Å². The van der Waals surface area contributed by atoms with Crippen molar-refractivity contribution in [1.29, 1.82) is 0 Å². The maximum atomic E-state index is 12.5. The zero-order valence-electron chi connectivity index (χ0n) is 9.33. The van der Waals surface area contributed by atoms with Crippen molar-refractivity contribution < 1.29 is 13.2 Å². The van der Waals surface area contributed by atoms with Crippen LogP contribution in [0.1, 0.15) is 17.0 Å². The van der Waals surface area contributed by atoms with E-state index in [0.29, 0.717) is 24.5 Å².